The molecule has 0 atom stereocenters. The van der Waals surface area contributed by atoms with Gasteiger partial charge in [0.25, 0.3) is 5.91 Å². The topological polar surface area (TPSA) is 57.6 Å². The summed E-state index contributed by atoms with van der Waals surface area (Å²) in [5, 5.41) is 12.8. The van der Waals surface area contributed by atoms with Crippen LogP contribution < -0.4 is 4.90 Å². The number of aromatic carboxylic acids is 1. The Labute approximate surface area is 140 Å². The zero-order valence-electron chi connectivity index (χ0n) is 11.1. The minimum atomic E-state index is -1.01. The van der Waals surface area contributed by atoms with Crippen molar-refractivity contribution < 1.29 is 14.7 Å². The molecule has 1 saturated heterocycles. The first-order valence-electron chi connectivity index (χ1n) is 6.20. The van der Waals surface area contributed by atoms with E-state index in [1.807, 2.05) is 16.8 Å². The molecule has 1 aliphatic heterocycles. The molecule has 0 spiro atoms. The van der Waals surface area contributed by atoms with Crippen molar-refractivity contribution in [3.63, 3.8) is 0 Å². The molecule has 0 unspecified atom stereocenters. The fraction of sp³-hybridized carbons (Fsp3) is 0. The Morgan fingerprint density at radius 1 is 1.23 bits per heavy atom. The summed E-state index contributed by atoms with van der Waals surface area (Å²) < 4.78 is 0.439. The smallest absolute Gasteiger partial charge is 0.335 e. The fourth-order valence-corrected chi connectivity index (χ4v) is 3.87. The summed E-state index contributed by atoms with van der Waals surface area (Å²) in [6, 6.07) is 8.01. The first kappa shape index (κ1) is 15.0. The maximum atomic E-state index is 12.5. The van der Waals surface area contributed by atoms with Crippen molar-refractivity contribution in [2.45, 2.75) is 0 Å². The van der Waals surface area contributed by atoms with Gasteiger partial charge in [-0.3, -0.25) is 9.69 Å². The predicted molar refractivity (Wildman–Crippen MR) is 93.4 cm³/mol. The van der Waals surface area contributed by atoms with Crippen LogP contribution in [0.5, 0.6) is 0 Å². The van der Waals surface area contributed by atoms with Gasteiger partial charge in [-0.25, -0.2) is 4.79 Å². The molecule has 0 aliphatic carbocycles. The number of benzene rings is 1. The Kier molecular flexibility index (Phi) is 4.10. The van der Waals surface area contributed by atoms with E-state index in [0.717, 1.165) is 5.56 Å². The van der Waals surface area contributed by atoms with Crippen molar-refractivity contribution in [3.8, 4) is 0 Å². The fourth-order valence-electron chi connectivity index (χ4n) is 1.95. The second kappa shape index (κ2) is 6.04. The number of thiocarbonyl (C=S) groups is 1. The molecule has 0 saturated carbocycles. The molecule has 1 aromatic heterocycles. The molecule has 2 aromatic rings. The van der Waals surface area contributed by atoms with E-state index in [4.69, 9.17) is 17.3 Å². The number of hydrogen-bond donors (Lipinski definition) is 1. The molecule has 1 fully saturated rings. The second-order valence-electron chi connectivity index (χ2n) is 4.43. The molecule has 3 rings (SSSR count). The summed E-state index contributed by atoms with van der Waals surface area (Å²) >= 11 is 8.07. The first-order valence-corrected chi connectivity index (χ1v) is 8.36. The lowest BCUT2D eigenvalue weighted by Gasteiger charge is -2.14. The van der Waals surface area contributed by atoms with Crippen LogP contribution in [0.4, 0.5) is 5.69 Å². The van der Waals surface area contributed by atoms with E-state index >= 15 is 0 Å². The third kappa shape index (κ3) is 2.83. The number of carboxylic acids is 1. The van der Waals surface area contributed by atoms with Gasteiger partial charge >= 0.3 is 5.97 Å². The summed E-state index contributed by atoms with van der Waals surface area (Å²) in [7, 11) is 0. The van der Waals surface area contributed by atoms with Gasteiger partial charge in [-0.05, 0) is 52.7 Å². The van der Waals surface area contributed by atoms with Crippen LogP contribution >= 0.6 is 35.3 Å². The monoisotopic (exact) mass is 347 g/mol. The molecule has 0 radical (unpaired) electrons. The Morgan fingerprint density at radius 3 is 2.55 bits per heavy atom. The van der Waals surface area contributed by atoms with Gasteiger partial charge in [-0.15, -0.1) is 0 Å². The SMILES string of the molecule is O=C(O)c1ccc(N2C(=O)C(=Cc3ccsc3)SC2=S)cc1. The van der Waals surface area contributed by atoms with Crippen molar-refractivity contribution in [3.05, 3.63) is 57.1 Å². The lowest BCUT2D eigenvalue weighted by Crippen LogP contribution is -2.27. The highest BCUT2D eigenvalue weighted by Gasteiger charge is 2.33. The molecule has 4 nitrogen and oxygen atoms in total. The number of nitrogens with zero attached hydrogens (tertiary/aromatic N) is 1. The number of carbonyl (C=O) groups is 2. The quantitative estimate of drug-likeness (QED) is 0.675. The van der Waals surface area contributed by atoms with E-state index in [2.05, 4.69) is 0 Å². The Morgan fingerprint density at radius 2 is 1.95 bits per heavy atom. The number of hydrogen-bond acceptors (Lipinski definition) is 5. The second-order valence-corrected chi connectivity index (χ2v) is 6.88. The van der Waals surface area contributed by atoms with Gasteiger partial charge in [0.2, 0.25) is 0 Å². The molecule has 1 aliphatic rings. The minimum absolute atomic E-state index is 0.169. The molecule has 1 aromatic carbocycles. The van der Waals surface area contributed by atoms with Gasteiger partial charge in [-0.1, -0.05) is 24.0 Å². The number of thioether (sulfide) groups is 1. The number of rotatable bonds is 3. The molecule has 1 N–H and O–H groups in total. The molecular formula is C15H9NO3S3. The van der Waals surface area contributed by atoms with E-state index in [9.17, 15) is 9.59 Å². The Bertz CT molecular complexity index is 779. The highest BCUT2D eigenvalue weighted by Crippen LogP contribution is 2.36. The van der Waals surface area contributed by atoms with Crippen LogP contribution in [0, 0.1) is 0 Å². The van der Waals surface area contributed by atoms with Crippen LogP contribution in [-0.2, 0) is 4.79 Å². The number of carbonyl (C=O) groups excluding carboxylic acids is 1. The van der Waals surface area contributed by atoms with E-state index in [1.54, 1.807) is 29.5 Å². The Hall–Kier alpha value is -1.96. The van der Waals surface area contributed by atoms with Crippen LogP contribution in [0.25, 0.3) is 6.08 Å². The summed E-state index contributed by atoms with van der Waals surface area (Å²) in [5.74, 6) is -1.20. The zero-order chi connectivity index (χ0) is 15.7. The normalized spacial score (nSPS) is 16.5. The molecular weight excluding hydrogens is 338 g/mol. The van der Waals surface area contributed by atoms with E-state index < -0.39 is 5.97 Å². The first-order chi connectivity index (χ1) is 10.6. The van der Waals surface area contributed by atoms with E-state index in [0.29, 0.717) is 14.9 Å². The van der Waals surface area contributed by atoms with Crippen molar-refractivity contribution in [1.29, 1.82) is 0 Å². The van der Waals surface area contributed by atoms with Crippen molar-refractivity contribution in [1.82, 2.24) is 0 Å². The van der Waals surface area contributed by atoms with Gasteiger partial charge in [0.15, 0.2) is 4.32 Å². The average Bonchev–Trinajstić information content (AvgIpc) is 3.09. The van der Waals surface area contributed by atoms with E-state index in [-0.39, 0.29) is 11.5 Å². The number of thiophene rings is 1. The molecule has 0 bridgehead atoms. The summed E-state index contributed by atoms with van der Waals surface area (Å²) in [4.78, 5) is 25.4. The molecule has 7 heteroatoms. The van der Waals surface area contributed by atoms with Crippen LogP contribution in [-0.4, -0.2) is 21.3 Å². The lowest BCUT2D eigenvalue weighted by atomic mass is 10.2. The summed E-state index contributed by atoms with van der Waals surface area (Å²) in [6.07, 6.45) is 1.81. The lowest BCUT2D eigenvalue weighted by molar-refractivity contribution is -0.113. The van der Waals surface area contributed by atoms with Crippen LogP contribution in [0.2, 0.25) is 0 Å². The van der Waals surface area contributed by atoms with E-state index in [1.165, 1.54) is 28.8 Å². The summed E-state index contributed by atoms with van der Waals surface area (Å²) in [5.41, 5.74) is 1.70. The van der Waals surface area contributed by atoms with Crippen molar-refractivity contribution in [2.24, 2.45) is 0 Å². The molecule has 2 heterocycles. The predicted octanol–water partition coefficient (Wildman–Crippen LogP) is 3.85. The number of amides is 1. The largest absolute Gasteiger partial charge is 0.478 e. The van der Waals surface area contributed by atoms with Gasteiger partial charge in [-0.2, -0.15) is 11.3 Å². The van der Waals surface area contributed by atoms with Crippen LogP contribution in [0.1, 0.15) is 15.9 Å². The zero-order valence-corrected chi connectivity index (χ0v) is 13.5. The van der Waals surface area contributed by atoms with Crippen LogP contribution in [0.3, 0.4) is 0 Å². The van der Waals surface area contributed by atoms with Gasteiger partial charge < -0.3 is 5.11 Å². The highest BCUT2D eigenvalue weighted by atomic mass is 32.2. The maximum absolute atomic E-state index is 12.5. The minimum Gasteiger partial charge on any atom is -0.478 e. The van der Waals surface area contributed by atoms with Gasteiger partial charge in [0.1, 0.15) is 0 Å². The summed E-state index contributed by atoms with van der Waals surface area (Å²) in [6.45, 7) is 0. The van der Waals surface area contributed by atoms with Crippen LogP contribution in [0.15, 0.2) is 46.0 Å². The molecule has 110 valence electrons. The maximum Gasteiger partial charge on any atom is 0.335 e. The van der Waals surface area contributed by atoms with Crippen molar-refractivity contribution >= 4 is 63.3 Å². The standard InChI is InChI=1S/C15H9NO3S3/c17-13-12(7-9-5-6-21-8-9)22-15(20)16(13)11-3-1-10(2-4-11)14(18)19/h1-8H,(H,18,19). The number of anilines is 1. The third-order valence-corrected chi connectivity index (χ3v) is 5.01. The third-order valence-electron chi connectivity index (χ3n) is 3.01. The molecule has 1 amide bonds. The Balaban J connectivity index is 1.90. The number of carboxylic acid groups (broad SMARTS) is 1. The van der Waals surface area contributed by atoms with Crippen molar-refractivity contribution in [2.75, 3.05) is 4.90 Å². The van der Waals surface area contributed by atoms with Gasteiger partial charge in [0.05, 0.1) is 16.2 Å². The van der Waals surface area contributed by atoms with Gasteiger partial charge in [0, 0.05) is 0 Å². The average molecular weight is 347 g/mol. The highest BCUT2D eigenvalue weighted by molar-refractivity contribution is 8.27. The molecule has 22 heavy (non-hydrogen) atoms.